The van der Waals surface area contributed by atoms with Gasteiger partial charge in [0.25, 0.3) is 0 Å². The molecule has 9 nitrogen and oxygen atoms in total. The fourth-order valence-electron chi connectivity index (χ4n) is 5.21. The van der Waals surface area contributed by atoms with Gasteiger partial charge in [-0.2, -0.15) is 23.4 Å². The first-order valence-corrected chi connectivity index (χ1v) is 16.8. The number of hydrogen-bond donors (Lipinski definition) is 2. The number of nitrogens with one attached hydrogen (secondary N) is 1. The number of urea groups is 1. The minimum atomic E-state index is -3.67. The second-order valence-electron chi connectivity index (χ2n) is 10.6. The van der Waals surface area contributed by atoms with Crippen molar-refractivity contribution in [2.75, 3.05) is 11.9 Å². The number of piperidine rings is 1. The number of aliphatic hydroxyl groups is 1. The van der Waals surface area contributed by atoms with Gasteiger partial charge in [-0.05, 0) is 73.1 Å². The average Bonchev–Trinajstić information content (AvgIpc) is 3.70. The van der Waals surface area contributed by atoms with Crippen molar-refractivity contribution in [2.45, 2.75) is 81.9 Å². The van der Waals surface area contributed by atoms with Crippen LogP contribution in [0.15, 0.2) is 24.7 Å². The van der Waals surface area contributed by atoms with E-state index in [-0.39, 0.29) is 18.1 Å². The number of anilines is 1. The number of nitrogens with zero attached hydrogens (tertiary/aromatic N) is 6. The van der Waals surface area contributed by atoms with Crippen LogP contribution in [-0.2, 0) is 6.54 Å². The van der Waals surface area contributed by atoms with Crippen molar-refractivity contribution in [3.63, 3.8) is 0 Å². The minimum Gasteiger partial charge on any atom is -0.390 e. The summed E-state index contributed by atoms with van der Waals surface area (Å²) >= 11 is 2.24. The van der Waals surface area contributed by atoms with Crippen LogP contribution in [0.4, 0.5) is 28.0 Å². The lowest BCUT2D eigenvalue weighted by Gasteiger charge is -2.44. The SMILES string of the molecule is CC[C@@]1(O)CCN(C(=O)Nc2cn(PI)nc2-c2cc3nn(CC4(F)CC4)cc3cn2)C2(CC2)C1.FC(F)F. The van der Waals surface area contributed by atoms with Crippen LogP contribution in [0.25, 0.3) is 22.3 Å². The number of alkyl halides is 4. The smallest absolute Gasteiger partial charge is 0.379 e. The maximum absolute atomic E-state index is 14.2. The Bertz CT molecular complexity index is 1360. The first-order chi connectivity index (χ1) is 18.5. The Morgan fingerprint density at radius 3 is 2.54 bits per heavy atom. The van der Waals surface area contributed by atoms with Crippen molar-refractivity contribution in [3.8, 4) is 11.4 Å². The Morgan fingerprint density at radius 1 is 1.21 bits per heavy atom. The maximum Gasteiger partial charge on any atom is 0.379 e. The van der Waals surface area contributed by atoms with Gasteiger partial charge in [0.2, 0.25) is 0 Å². The lowest BCUT2D eigenvalue weighted by molar-refractivity contribution is -0.0428. The molecule has 3 aromatic rings. The summed E-state index contributed by atoms with van der Waals surface area (Å²) in [4.78, 5) is 19.9. The summed E-state index contributed by atoms with van der Waals surface area (Å²) in [6.45, 7) is -0.870. The highest BCUT2D eigenvalue weighted by atomic mass is 127. The molecule has 2 atom stereocenters. The summed E-state index contributed by atoms with van der Waals surface area (Å²) < 4.78 is 46.6. The molecule has 6 rings (SSSR count). The largest absolute Gasteiger partial charge is 0.390 e. The first-order valence-electron chi connectivity index (χ1n) is 12.7. The van der Waals surface area contributed by atoms with Gasteiger partial charge in [0, 0.05) is 29.9 Å². The van der Waals surface area contributed by atoms with E-state index in [1.165, 1.54) is 0 Å². The molecule has 39 heavy (non-hydrogen) atoms. The third-order valence-corrected chi connectivity index (χ3v) is 9.61. The summed E-state index contributed by atoms with van der Waals surface area (Å²) in [5.74, 6) is 0. The van der Waals surface area contributed by atoms with Gasteiger partial charge in [0.05, 0.1) is 41.6 Å². The summed E-state index contributed by atoms with van der Waals surface area (Å²) in [5, 5.41) is 23.9. The van der Waals surface area contributed by atoms with Crippen LogP contribution in [0.3, 0.4) is 0 Å². The zero-order valence-corrected chi connectivity index (χ0v) is 24.3. The molecule has 2 aliphatic carbocycles. The first kappa shape index (κ1) is 28.5. The van der Waals surface area contributed by atoms with Crippen LogP contribution < -0.4 is 5.32 Å². The summed E-state index contributed by atoms with van der Waals surface area (Å²) in [6.07, 6.45) is 10.7. The molecule has 0 bridgehead atoms. The highest BCUT2D eigenvalue weighted by Crippen LogP contribution is 2.52. The van der Waals surface area contributed by atoms with E-state index in [1.807, 2.05) is 30.3 Å². The van der Waals surface area contributed by atoms with Crippen LogP contribution in [0.1, 0.15) is 51.9 Å². The van der Waals surface area contributed by atoms with Crippen LogP contribution in [-0.4, -0.2) is 70.4 Å². The van der Waals surface area contributed by atoms with Gasteiger partial charge < -0.3 is 15.3 Å². The summed E-state index contributed by atoms with van der Waals surface area (Å²) in [7, 11) is 0. The highest BCUT2D eigenvalue weighted by Gasteiger charge is 2.57. The highest BCUT2D eigenvalue weighted by molar-refractivity contribution is 14.2. The quantitative estimate of drug-likeness (QED) is 0.187. The molecule has 0 aromatic carbocycles. The molecule has 1 aliphatic heterocycles. The van der Waals surface area contributed by atoms with Crippen molar-refractivity contribution >= 4 is 51.0 Å². The third kappa shape index (κ3) is 6.32. The van der Waals surface area contributed by atoms with Gasteiger partial charge in [-0.25, -0.2) is 13.6 Å². The number of amides is 2. The topological polar surface area (TPSA) is 101 Å². The molecule has 3 aliphatic rings. The molecular weight excluding hydrogens is 652 g/mol. The Balaban J connectivity index is 0.000000723. The predicted molar refractivity (Wildman–Crippen MR) is 149 cm³/mol. The number of carbonyl (C=O) groups excluding carboxylic acids is 1. The number of likely N-dealkylation sites (tertiary alicyclic amines) is 1. The van der Waals surface area contributed by atoms with Crippen LogP contribution >= 0.6 is 28.4 Å². The third-order valence-electron chi connectivity index (χ3n) is 7.72. The molecule has 1 spiro atoms. The van der Waals surface area contributed by atoms with Crippen molar-refractivity contribution in [2.24, 2.45) is 0 Å². The zero-order valence-electron chi connectivity index (χ0n) is 21.2. The van der Waals surface area contributed by atoms with E-state index in [0.29, 0.717) is 62.1 Å². The number of hydrogen-bond acceptors (Lipinski definition) is 5. The predicted octanol–water partition coefficient (Wildman–Crippen LogP) is 6.07. The van der Waals surface area contributed by atoms with Crippen LogP contribution in [0.2, 0.25) is 0 Å². The Morgan fingerprint density at radius 2 is 1.92 bits per heavy atom. The summed E-state index contributed by atoms with van der Waals surface area (Å²) in [5.41, 5.74) is 0.440. The molecule has 1 saturated heterocycles. The van der Waals surface area contributed by atoms with Gasteiger partial charge in [-0.1, -0.05) is 6.92 Å². The average molecular weight is 681 g/mol. The van der Waals surface area contributed by atoms with E-state index < -0.39 is 17.9 Å². The Labute approximate surface area is 237 Å². The fraction of sp³-hybridized carbons (Fsp3) is 0.583. The van der Waals surface area contributed by atoms with E-state index in [4.69, 9.17) is 0 Å². The molecule has 212 valence electrons. The Kier molecular flexibility index (Phi) is 7.83. The van der Waals surface area contributed by atoms with Crippen LogP contribution in [0, 0.1) is 0 Å². The van der Waals surface area contributed by atoms with Crippen molar-refractivity contribution in [1.29, 1.82) is 0 Å². The fourth-order valence-corrected chi connectivity index (χ4v) is 6.26. The van der Waals surface area contributed by atoms with Gasteiger partial charge in [0.1, 0.15) is 11.4 Å². The van der Waals surface area contributed by atoms with E-state index in [1.54, 1.807) is 15.3 Å². The van der Waals surface area contributed by atoms with E-state index in [9.17, 15) is 27.5 Å². The van der Waals surface area contributed by atoms with Gasteiger partial charge in [0.15, 0.2) is 0 Å². The summed E-state index contributed by atoms with van der Waals surface area (Å²) in [6, 6.07) is 1.67. The molecule has 2 saturated carbocycles. The van der Waals surface area contributed by atoms with Crippen molar-refractivity contribution in [1.82, 2.24) is 29.2 Å². The monoisotopic (exact) mass is 681 g/mol. The lowest BCUT2D eigenvalue weighted by Crippen LogP contribution is -2.55. The number of fused-ring (bicyclic) bond motifs is 1. The number of carbonyl (C=O) groups is 1. The molecule has 15 heteroatoms. The lowest BCUT2D eigenvalue weighted by atomic mass is 9.83. The number of rotatable bonds is 6. The second kappa shape index (κ2) is 10.7. The second-order valence-corrected chi connectivity index (χ2v) is 12.7. The maximum atomic E-state index is 14.2. The number of halogens is 5. The number of aromatic nitrogens is 5. The van der Waals surface area contributed by atoms with E-state index in [2.05, 4.69) is 42.5 Å². The molecular formula is C24H29F4IN7O2P. The van der Waals surface area contributed by atoms with Crippen molar-refractivity contribution < 1.29 is 27.5 Å². The molecule has 0 radical (unpaired) electrons. The molecule has 2 N–H and O–H groups in total. The minimum absolute atomic E-state index is 0.165. The molecule has 1 unspecified atom stereocenters. The molecule has 3 fully saturated rings. The standard InChI is InChI=1S/C23H28FIN7O2P.CHF3/c1-2-23(34)7-8-31(22(13-23)5-6-22)20(33)27-18-12-32(35-25)29-19(18)17-9-16-15(10-26-17)11-30(28-16)14-21(24)3-4-21;2-1(3)4/h9-12,34-35H,2-8,13-14H2,1H3,(H,27,33);1H/t23-;/m1./s1. The molecule has 2 amide bonds. The number of pyridine rings is 1. The van der Waals surface area contributed by atoms with Gasteiger partial charge in [-0.3, -0.25) is 9.67 Å². The molecule has 4 heterocycles. The zero-order chi connectivity index (χ0) is 28.0. The molecule has 3 aromatic heterocycles. The van der Waals surface area contributed by atoms with E-state index in [0.717, 1.165) is 23.7 Å². The van der Waals surface area contributed by atoms with Gasteiger partial charge in [-0.15, -0.1) is 0 Å². The van der Waals surface area contributed by atoms with E-state index >= 15 is 0 Å². The normalized spacial score (nSPS) is 22.9. The van der Waals surface area contributed by atoms with Crippen LogP contribution in [0.5, 0.6) is 0 Å². The Hall–Kier alpha value is -2.06. The van der Waals surface area contributed by atoms with Gasteiger partial charge >= 0.3 is 12.7 Å². The van der Waals surface area contributed by atoms with Crippen molar-refractivity contribution in [3.05, 3.63) is 24.7 Å².